The SMILES string of the molecule is CC[C@H]1OC(=O)[C@H](C)[C@@H](O[C@H]2CC(C)(C)[C@@H](C)[C@H](C)O2)[C@H](C)[C@@H](OC2O[C@H](C)C[C@H](C)[C@H]2C)[C@@](C)(O)C[C@H](C)C(=NC)[C@H](C)[C@@H](O)[C@]1(C)O. The number of aliphatic imine (C=N–C) groups is 1. The minimum Gasteiger partial charge on any atom is -0.459 e. The van der Waals surface area contributed by atoms with Crippen LogP contribution in [-0.2, 0) is 28.5 Å². The van der Waals surface area contributed by atoms with E-state index in [1.807, 2.05) is 41.5 Å². The first-order valence-electron chi connectivity index (χ1n) is 18.9. The molecule has 3 saturated heterocycles. The third-order valence-electron chi connectivity index (χ3n) is 12.8. The summed E-state index contributed by atoms with van der Waals surface area (Å²) in [6, 6.07) is 0. The van der Waals surface area contributed by atoms with Crippen LogP contribution in [0.1, 0.15) is 123 Å². The summed E-state index contributed by atoms with van der Waals surface area (Å²) in [4.78, 5) is 18.7. The highest BCUT2D eigenvalue weighted by Gasteiger charge is 2.52. The van der Waals surface area contributed by atoms with Crippen LogP contribution in [-0.4, -0.2) is 94.5 Å². The Hall–Kier alpha value is -1.14. The van der Waals surface area contributed by atoms with E-state index in [1.54, 1.807) is 20.9 Å². The van der Waals surface area contributed by atoms with Gasteiger partial charge in [0.2, 0.25) is 0 Å². The standard InChI is InChI=1S/C39H71NO9/c1-16-29-39(14,44)33(41)24(6)31(40-15)21(3)18-38(13,43)34(49-36-23(5)20(2)17-22(4)45-36)25(7)32(26(8)35(42)47-29)48-30-19-37(11,12)27(9)28(10)46-30/h20-30,32-34,36,41,43-44H,16-19H2,1-15H3/t20-,21-,22+,23+,24-,25-,26+,27-,28-,29+,30-,32-,33+,34+,36?,38-,39+/m0/s1. The summed E-state index contributed by atoms with van der Waals surface area (Å²) in [6.45, 7) is 27.6. The average Bonchev–Trinajstić information content (AvgIpc) is 3.00. The average molecular weight is 698 g/mol. The molecule has 286 valence electrons. The maximum Gasteiger partial charge on any atom is 0.311 e. The van der Waals surface area contributed by atoms with Gasteiger partial charge in [-0.3, -0.25) is 9.79 Å². The highest BCUT2D eigenvalue weighted by atomic mass is 16.7. The van der Waals surface area contributed by atoms with Crippen LogP contribution in [0.5, 0.6) is 0 Å². The van der Waals surface area contributed by atoms with E-state index < -0.39 is 71.9 Å². The fraction of sp³-hybridized carbons (Fsp3) is 0.949. The molecule has 3 aliphatic rings. The summed E-state index contributed by atoms with van der Waals surface area (Å²) in [6.07, 6.45) is -3.16. The summed E-state index contributed by atoms with van der Waals surface area (Å²) in [5, 5.41) is 35.9. The molecule has 3 rings (SSSR count). The molecule has 0 radical (unpaired) electrons. The second-order valence-corrected chi connectivity index (χ2v) is 17.3. The van der Waals surface area contributed by atoms with Crippen molar-refractivity contribution >= 4 is 11.7 Å². The zero-order chi connectivity index (χ0) is 37.4. The van der Waals surface area contributed by atoms with E-state index in [9.17, 15) is 20.1 Å². The number of hydrogen-bond donors (Lipinski definition) is 3. The van der Waals surface area contributed by atoms with E-state index in [0.29, 0.717) is 24.0 Å². The van der Waals surface area contributed by atoms with Gasteiger partial charge in [0.25, 0.3) is 0 Å². The first-order valence-corrected chi connectivity index (χ1v) is 18.9. The second-order valence-electron chi connectivity index (χ2n) is 17.3. The van der Waals surface area contributed by atoms with Crippen molar-refractivity contribution in [2.75, 3.05) is 7.05 Å². The molecule has 3 fully saturated rings. The predicted molar refractivity (Wildman–Crippen MR) is 191 cm³/mol. The van der Waals surface area contributed by atoms with Crippen molar-refractivity contribution in [3.63, 3.8) is 0 Å². The lowest BCUT2D eigenvalue weighted by Gasteiger charge is -2.49. The zero-order valence-corrected chi connectivity index (χ0v) is 33.2. The van der Waals surface area contributed by atoms with Gasteiger partial charge in [-0.2, -0.15) is 0 Å². The molecule has 17 atom stereocenters. The van der Waals surface area contributed by atoms with Crippen molar-refractivity contribution in [3.8, 4) is 0 Å². The molecular formula is C39H71NO9. The van der Waals surface area contributed by atoms with Crippen LogP contribution in [0.4, 0.5) is 0 Å². The van der Waals surface area contributed by atoms with Gasteiger partial charge < -0.3 is 39.0 Å². The monoisotopic (exact) mass is 698 g/mol. The molecule has 0 amide bonds. The number of carbonyl (C=O) groups excluding carboxylic acids is 1. The fourth-order valence-corrected chi connectivity index (χ4v) is 8.90. The van der Waals surface area contributed by atoms with E-state index in [-0.39, 0.29) is 42.3 Å². The number of aliphatic hydroxyl groups is 3. The number of ether oxygens (including phenoxy) is 5. The third-order valence-corrected chi connectivity index (χ3v) is 12.8. The van der Waals surface area contributed by atoms with Crippen LogP contribution in [0, 0.1) is 46.8 Å². The first kappa shape index (κ1) is 42.3. The number of aliphatic hydroxyl groups excluding tert-OH is 1. The van der Waals surface area contributed by atoms with Gasteiger partial charge in [-0.15, -0.1) is 0 Å². The molecule has 10 nitrogen and oxygen atoms in total. The van der Waals surface area contributed by atoms with E-state index in [0.717, 1.165) is 6.42 Å². The molecule has 0 aromatic rings. The van der Waals surface area contributed by atoms with Gasteiger partial charge in [-0.1, -0.05) is 62.3 Å². The smallest absolute Gasteiger partial charge is 0.311 e. The van der Waals surface area contributed by atoms with Crippen LogP contribution in [0.2, 0.25) is 0 Å². The van der Waals surface area contributed by atoms with Gasteiger partial charge in [0.1, 0.15) is 11.7 Å². The molecule has 10 heteroatoms. The van der Waals surface area contributed by atoms with Gasteiger partial charge >= 0.3 is 5.97 Å². The Morgan fingerprint density at radius 1 is 0.878 bits per heavy atom. The number of cyclic esters (lactones) is 1. The molecule has 3 N–H and O–H groups in total. The molecule has 49 heavy (non-hydrogen) atoms. The lowest BCUT2D eigenvalue weighted by molar-refractivity contribution is -0.300. The van der Waals surface area contributed by atoms with Crippen LogP contribution < -0.4 is 0 Å². The van der Waals surface area contributed by atoms with Crippen LogP contribution in [0.15, 0.2) is 4.99 Å². The lowest BCUT2D eigenvalue weighted by atomic mass is 9.72. The molecule has 1 unspecified atom stereocenters. The molecule has 0 saturated carbocycles. The maximum absolute atomic E-state index is 14.2. The Bertz CT molecular complexity index is 1120. The largest absolute Gasteiger partial charge is 0.459 e. The summed E-state index contributed by atoms with van der Waals surface area (Å²) in [5.74, 6) is -2.14. The highest BCUT2D eigenvalue weighted by Crippen LogP contribution is 2.44. The summed E-state index contributed by atoms with van der Waals surface area (Å²) in [7, 11) is 1.66. The Balaban J connectivity index is 2.18. The second kappa shape index (κ2) is 16.3. The quantitative estimate of drug-likeness (QED) is 0.289. The van der Waals surface area contributed by atoms with Crippen molar-refractivity contribution < 1.29 is 43.8 Å². The summed E-state index contributed by atoms with van der Waals surface area (Å²) < 4.78 is 32.7. The number of rotatable bonds is 5. The Morgan fingerprint density at radius 3 is 2.04 bits per heavy atom. The predicted octanol–water partition coefficient (Wildman–Crippen LogP) is 6.16. The molecular weight excluding hydrogens is 626 g/mol. The molecule has 3 aliphatic heterocycles. The van der Waals surface area contributed by atoms with Gasteiger partial charge in [-0.25, -0.2) is 0 Å². The summed E-state index contributed by atoms with van der Waals surface area (Å²) in [5.41, 5.74) is -2.67. The van der Waals surface area contributed by atoms with Crippen molar-refractivity contribution in [2.45, 2.75) is 183 Å². The molecule has 3 heterocycles. The number of esters is 1. The minimum absolute atomic E-state index is 0.0175. The van der Waals surface area contributed by atoms with E-state index in [2.05, 4.69) is 39.6 Å². The summed E-state index contributed by atoms with van der Waals surface area (Å²) >= 11 is 0. The number of hydrogen-bond acceptors (Lipinski definition) is 10. The Kier molecular flexibility index (Phi) is 14.0. The van der Waals surface area contributed by atoms with Crippen molar-refractivity contribution in [3.05, 3.63) is 0 Å². The molecule has 0 spiro atoms. The molecule has 0 bridgehead atoms. The van der Waals surface area contributed by atoms with Crippen molar-refractivity contribution in [1.82, 2.24) is 0 Å². The van der Waals surface area contributed by atoms with Crippen LogP contribution >= 0.6 is 0 Å². The fourth-order valence-electron chi connectivity index (χ4n) is 8.90. The van der Waals surface area contributed by atoms with Gasteiger partial charge in [0.05, 0.1) is 42.0 Å². The van der Waals surface area contributed by atoms with E-state index >= 15 is 0 Å². The Morgan fingerprint density at radius 2 is 1.49 bits per heavy atom. The zero-order valence-electron chi connectivity index (χ0n) is 33.2. The molecule has 0 aromatic carbocycles. The minimum atomic E-state index is -1.77. The normalized spacial score (nSPS) is 50.0. The number of carbonyl (C=O) groups is 1. The van der Waals surface area contributed by atoms with E-state index in [1.165, 1.54) is 6.92 Å². The Labute approximate surface area is 297 Å². The lowest BCUT2D eigenvalue weighted by Crippen LogP contribution is -2.59. The highest BCUT2D eigenvalue weighted by molar-refractivity contribution is 5.89. The van der Waals surface area contributed by atoms with E-state index in [4.69, 9.17) is 23.7 Å². The molecule has 0 aliphatic carbocycles. The molecule has 0 aromatic heterocycles. The first-order chi connectivity index (χ1) is 22.5. The topological polar surface area (TPSA) is 136 Å². The van der Waals surface area contributed by atoms with Crippen LogP contribution in [0.3, 0.4) is 0 Å². The van der Waals surface area contributed by atoms with Gasteiger partial charge in [-0.05, 0) is 77.0 Å². The van der Waals surface area contributed by atoms with Crippen molar-refractivity contribution in [1.29, 1.82) is 0 Å². The van der Waals surface area contributed by atoms with Gasteiger partial charge in [0.15, 0.2) is 12.6 Å². The maximum atomic E-state index is 14.2. The van der Waals surface area contributed by atoms with Crippen molar-refractivity contribution in [2.24, 2.45) is 51.8 Å². The number of nitrogens with zero attached hydrogens (tertiary/aromatic N) is 1. The van der Waals surface area contributed by atoms with Crippen LogP contribution in [0.25, 0.3) is 0 Å². The third kappa shape index (κ3) is 9.27. The van der Waals surface area contributed by atoms with Gasteiger partial charge in [0, 0.05) is 36.9 Å².